The van der Waals surface area contributed by atoms with Gasteiger partial charge in [0.25, 0.3) is 0 Å². The Morgan fingerprint density at radius 1 is 1.40 bits per heavy atom. The molecule has 0 amide bonds. The van der Waals surface area contributed by atoms with Crippen LogP contribution >= 0.6 is 11.6 Å². The molecule has 0 unspecified atom stereocenters. The second-order valence-electron chi connectivity index (χ2n) is 3.45. The number of ether oxygens (including phenoxy) is 1. The van der Waals surface area contributed by atoms with Crippen LogP contribution in [0.2, 0.25) is 5.02 Å². The molecule has 1 saturated carbocycles. The Morgan fingerprint density at radius 2 is 2.07 bits per heavy atom. The van der Waals surface area contributed by atoms with Gasteiger partial charge in [-0.15, -0.1) is 0 Å². The van der Waals surface area contributed by atoms with Crippen molar-refractivity contribution in [2.75, 3.05) is 0 Å². The van der Waals surface area contributed by atoms with Crippen LogP contribution in [0.15, 0.2) is 23.1 Å². The van der Waals surface area contributed by atoms with E-state index in [1.807, 2.05) is 0 Å². The van der Waals surface area contributed by atoms with Gasteiger partial charge in [0.15, 0.2) is 0 Å². The average molecular weight is 248 g/mol. The molecule has 0 bridgehead atoms. The van der Waals surface area contributed by atoms with Gasteiger partial charge in [-0.2, -0.15) is 0 Å². The van der Waals surface area contributed by atoms with E-state index in [-0.39, 0.29) is 16.0 Å². The molecule has 2 N–H and O–H groups in total. The fourth-order valence-electron chi connectivity index (χ4n) is 1.16. The summed E-state index contributed by atoms with van der Waals surface area (Å²) in [6, 6.07) is 4.39. The quantitative estimate of drug-likeness (QED) is 0.881. The summed E-state index contributed by atoms with van der Waals surface area (Å²) in [7, 11) is -3.75. The second kappa shape index (κ2) is 3.66. The van der Waals surface area contributed by atoms with Crippen molar-refractivity contribution in [1.82, 2.24) is 0 Å². The maximum Gasteiger partial charge on any atom is 0.239 e. The van der Waals surface area contributed by atoms with Crippen LogP contribution in [0.3, 0.4) is 0 Å². The maximum absolute atomic E-state index is 11.1. The Hall–Kier alpha value is -0.780. The molecule has 0 radical (unpaired) electrons. The summed E-state index contributed by atoms with van der Waals surface area (Å²) in [5.74, 6) is 0.579. The number of benzene rings is 1. The van der Waals surface area contributed by atoms with E-state index >= 15 is 0 Å². The topological polar surface area (TPSA) is 69.4 Å². The average Bonchev–Trinajstić information content (AvgIpc) is 2.85. The molecule has 0 aromatic heterocycles. The first-order valence-corrected chi connectivity index (χ1v) is 6.38. The zero-order chi connectivity index (χ0) is 11.1. The lowest BCUT2D eigenvalue weighted by molar-refractivity contribution is 0.303. The van der Waals surface area contributed by atoms with Crippen LogP contribution in [0.4, 0.5) is 0 Å². The lowest BCUT2D eigenvalue weighted by Crippen LogP contribution is -2.12. The van der Waals surface area contributed by atoms with Crippen LogP contribution in [0, 0.1) is 0 Å². The molecule has 1 aromatic carbocycles. The van der Waals surface area contributed by atoms with Crippen molar-refractivity contribution < 1.29 is 13.2 Å². The summed E-state index contributed by atoms with van der Waals surface area (Å²) >= 11 is 5.78. The molecule has 15 heavy (non-hydrogen) atoms. The molecular formula is C9H10ClNO3S. The number of rotatable bonds is 3. The largest absolute Gasteiger partial charge is 0.490 e. The molecular weight excluding hydrogens is 238 g/mol. The molecule has 1 aliphatic carbocycles. The van der Waals surface area contributed by atoms with Gasteiger partial charge in [-0.1, -0.05) is 11.6 Å². The molecule has 2 rings (SSSR count). The predicted octanol–water partition coefficient (Wildman–Crippen LogP) is 1.53. The predicted molar refractivity (Wildman–Crippen MR) is 56.5 cm³/mol. The fourth-order valence-corrected chi connectivity index (χ4v) is 2.25. The van der Waals surface area contributed by atoms with E-state index in [1.54, 1.807) is 6.07 Å². The molecule has 0 saturated heterocycles. The summed E-state index contributed by atoms with van der Waals surface area (Å²) in [4.78, 5) is -0.0766. The van der Waals surface area contributed by atoms with Crippen molar-refractivity contribution in [3.05, 3.63) is 23.2 Å². The zero-order valence-electron chi connectivity index (χ0n) is 7.81. The number of nitrogens with two attached hydrogens (primary N) is 1. The molecule has 0 atom stereocenters. The number of hydrogen-bond acceptors (Lipinski definition) is 3. The number of primary sulfonamides is 1. The van der Waals surface area contributed by atoms with Crippen LogP contribution in [0.25, 0.3) is 0 Å². The van der Waals surface area contributed by atoms with E-state index in [0.29, 0.717) is 5.75 Å². The maximum atomic E-state index is 11.1. The summed E-state index contributed by atoms with van der Waals surface area (Å²) in [5.41, 5.74) is 0. The van der Waals surface area contributed by atoms with Gasteiger partial charge in [0.1, 0.15) is 10.6 Å². The Labute approximate surface area is 93.0 Å². The summed E-state index contributed by atoms with van der Waals surface area (Å²) in [5, 5.41) is 5.06. The van der Waals surface area contributed by atoms with Gasteiger partial charge < -0.3 is 4.74 Å². The van der Waals surface area contributed by atoms with Gasteiger partial charge in [0.05, 0.1) is 11.1 Å². The van der Waals surface area contributed by atoms with E-state index in [4.69, 9.17) is 21.5 Å². The monoisotopic (exact) mass is 247 g/mol. The lowest BCUT2D eigenvalue weighted by atomic mass is 10.3. The highest BCUT2D eigenvalue weighted by Gasteiger charge is 2.24. The highest BCUT2D eigenvalue weighted by molar-refractivity contribution is 7.89. The minimum Gasteiger partial charge on any atom is -0.490 e. The van der Waals surface area contributed by atoms with E-state index in [0.717, 1.165) is 12.8 Å². The van der Waals surface area contributed by atoms with Gasteiger partial charge in [-0.3, -0.25) is 0 Å². The molecule has 0 spiro atoms. The molecule has 6 heteroatoms. The highest BCUT2D eigenvalue weighted by atomic mass is 35.5. The number of sulfonamides is 1. The molecule has 1 aliphatic rings. The lowest BCUT2D eigenvalue weighted by Gasteiger charge is -2.06. The van der Waals surface area contributed by atoms with Crippen molar-refractivity contribution in [3.8, 4) is 5.75 Å². The third-order valence-electron chi connectivity index (χ3n) is 2.04. The minimum absolute atomic E-state index is 0.0766. The van der Waals surface area contributed by atoms with E-state index in [1.165, 1.54) is 12.1 Å². The highest BCUT2D eigenvalue weighted by Crippen LogP contribution is 2.30. The van der Waals surface area contributed by atoms with Crippen molar-refractivity contribution in [2.24, 2.45) is 5.14 Å². The standard InChI is InChI=1S/C9H10ClNO3S/c10-8-5-7(14-6-1-2-6)3-4-9(8)15(11,12)13/h3-6H,1-2H2,(H2,11,12,13). The second-order valence-corrected chi connectivity index (χ2v) is 5.39. The molecule has 0 aliphatic heterocycles. The van der Waals surface area contributed by atoms with E-state index < -0.39 is 10.0 Å². The third kappa shape index (κ3) is 2.62. The zero-order valence-corrected chi connectivity index (χ0v) is 9.38. The van der Waals surface area contributed by atoms with Crippen molar-refractivity contribution in [1.29, 1.82) is 0 Å². The van der Waals surface area contributed by atoms with Gasteiger partial charge in [-0.25, -0.2) is 13.6 Å². The Bertz CT molecular complexity index is 482. The van der Waals surface area contributed by atoms with Crippen LogP contribution in [0.5, 0.6) is 5.75 Å². The Balaban J connectivity index is 2.29. The number of halogens is 1. The Morgan fingerprint density at radius 3 is 2.53 bits per heavy atom. The normalized spacial score (nSPS) is 16.4. The third-order valence-corrected chi connectivity index (χ3v) is 3.43. The van der Waals surface area contributed by atoms with Crippen LogP contribution in [-0.2, 0) is 10.0 Å². The molecule has 1 aromatic rings. The molecule has 82 valence electrons. The van der Waals surface area contributed by atoms with Crippen LogP contribution < -0.4 is 9.88 Å². The van der Waals surface area contributed by atoms with Crippen molar-refractivity contribution in [2.45, 2.75) is 23.8 Å². The van der Waals surface area contributed by atoms with Crippen molar-refractivity contribution in [3.63, 3.8) is 0 Å². The first-order valence-electron chi connectivity index (χ1n) is 4.46. The van der Waals surface area contributed by atoms with Crippen molar-refractivity contribution >= 4 is 21.6 Å². The van der Waals surface area contributed by atoms with Crippen LogP contribution in [-0.4, -0.2) is 14.5 Å². The fraction of sp³-hybridized carbons (Fsp3) is 0.333. The molecule has 0 heterocycles. The van der Waals surface area contributed by atoms with Gasteiger partial charge in [0, 0.05) is 6.07 Å². The molecule has 4 nitrogen and oxygen atoms in total. The van der Waals surface area contributed by atoms with Gasteiger partial charge >= 0.3 is 0 Å². The first-order chi connectivity index (χ1) is 6.97. The van der Waals surface area contributed by atoms with Gasteiger partial charge in [-0.05, 0) is 25.0 Å². The first kappa shape index (κ1) is 10.7. The summed E-state index contributed by atoms with van der Waals surface area (Å²) < 4.78 is 27.6. The minimum atomic E-state index is -3.75. The van der Waals surface area contributed by atoms with E-state index in [2.05, 4.69) is 0 Å². The van der Waals surface area contributed by atoms with Crippen LogP contribution in [0.1, 0.15) is 12.8 Å². The Kier molecular flexibility index (Phi) is 2.62. The number of hydrogen-bond donors (Lipinski definition) is 1. The van der Waals surface area contributed by atoms with Gasteiger partial charge in [0.2, 0.25) is 10.0 Å². The molecule has 1 fully saturated rings. The SMILES string of the molecule is NS(=O)(=O)c1ccc(OC2CC2)cc1Cl. The summed E-state index contributed by atoms with van der Waals surface area (Å²) in [6.07, 6.45) is 2.32. The smallest absolute Gasteiger partial charge is 0.239 e. The summed E-state index contributed by atoms with van der Waals surface area (Å²) in [6.45, 7) is 0. The van der Waals surface area contributed by atoms with E-state index in [9.17, 15) is 8.42 Å².